The minimum absolute atomic E-state index is 0.498. The van der Waals surface area contributed by atoms with Crippen LogP contribution in [-0.2, 0) is 0 Å². The van der Waals surface area contributed by atoms with Crippen LogP contribution in [0.3, 0.4) is 0 Å². The molecule has 13 heavy (non-hydrogen) atoms. The summed E-state index contributed by atoms with van der Waals surface area (Å²) in [4.78, 5) is 1.38. The SMILES string of the molecule is CC(C)SC1Nc2ccccc2S1. The van der Waals surface area contributed by atoms with E-state index in [1.807, 2.05) is 23.5 Å². The van der Waals surface area contributed by atoms with Gasteiger partial charge in [-0.3, -0.25) is 0 Å². The fraction of sp³-hybridized carbons (Fsp3) is 0.400. The van der Waals surface area contributed by atoms with Crippen LogP contribution in [-0.4, -0.2) is 9.96 Å². The first-order valence-electron chi connectivity index (χ1n) is 4.43. The Morgan fingerprint density at radius 1 is 1.38 bits per heavy atom. The molecular formula is C10H13NS2. The van der Waals surface area contributed by atoms with Gasteiger partial charge in [0.2, 0.25) is 0 Å². The molecule has 1 N–H and O–H groups in total. The van der Waals surface area contributed by atoms with Crippen molar-refractivity contribution < 1.29 is 0 Å². The average molecular weight is 211 g/mol. The largest absolute Gasteiger partial charge is 0.364 e. The predicted molar refractivity (Wildman–Crippen MR) is 62.4 cm³/mol. The number of benzene rings is 1. The number of thioether (sulfide) groups is 2. The highest BCUT2D eigenvalue weighted by Gasteiger charge is 2.21. The summed E-state index contributed by atoms with van der Waals surface area (Å²) in [6, 6.07) is 8.49. The molecule has 0 saturated carbocycles. The van der Waals surface area contributed by atoms with E-state index in [-0.39, 0.29) is 0 Å². The van der Waals surface area contributed by atoms with Gasteiger partial charge in [-0.05, 0) is 12.1 Å². The van der Waals surface area contributed by atoms with Crippen molar-refractivity contribution in [2.45, 2.75) is 28.7 Å². The maximum atomic E-state index is 3.49. The third-order valence-electron chi connectivity index (χ3n) is 1.79. The summed E-state index contributed by atoms with van der Waals surface area (Å²) in [6.45, 7) is 4.46. The summed E-state index contributed by atoms with van der Waals surface area (Å²) in [5.74, 6) is 0. The normalized spacial score (nSPS) is 20.1. The minimum Gasteiger partial charge on any atom is -0.364 e. The zero-order valence-electron chi connectivity index (χ0n) is 7.78. The first kappa shape index (κ1) is 9.28. The van der Waals surface area contributed by atoms with Gasteiger partial charge in [0.25, 0.3) is 0 Å². The van der Waals surface area contributed by atoms with Gasteiger partial charge in [0.05, 0.1) is 0 Å². The van der Waals surface area contributed by atoms with Crippen LogP contribution in [0, 0.1) is 0 Å². The first-order valence-corrected chi connectivity index (χ1v) is 6.25. The number of nitrogens with one attached hydrogen (secondary N) is 1. The molecule has 0 amide bonds. The van der Waals surface area contributed by atoms with Crippen LogP contribution in [0.1, 0.15) is 13.8 Å². The zero-order chi connectivity index (χ0) is 9.26. The maximum absolute atomic E-state index is 3.49. The molecule has 1 atom stereocenters. The van der Waals surface area contributed by atoms with Crippen molar-refractivity contribution in [1.82, 2.24) is 0 Å². The van der Waals surface area contributed by atoms with E-state index in [1.54, 1.807) is 0 Å². The second-order valence-electron chi connectivity index (χ2n) is 3.28. The van der Waals surface area contributed by atoms with Crippen LogP contribution >= 0.6 is 23.5 Å². The number of hydrogen-bond donors (Lipinski definition) is 1. The van der Waals surface area contributed by atoms with Gasteiger partial charge in [0, 0.05) is 15.8 Å². The monoisotopic (exact) mass is 211 g/mol. The Morgan fingerprint density at radius 2 is 2.15 bits per heavy atom. The third kappa shape index (κ3) is 2.15. The molecule has 0 aliphatic carbocycles. The molecule has 0 aromatic heterocycles. The Labute approximate surface area is 87.7 Å². The minimum atomic E-state index is 0.498. The summed E-state index contributed by atoms with van der Waals surface area (Å²) >= 11 is 3.89. The fourth-order valence-electron chi connectivity index (χ4n) is 1.27. The highest BCUT2D eigenvalue weighted by atomic mass is 32.2. The van der Waals surface area contributed by atoms with E-state index in [1.165, 1.54) is 10.6 Å². The molecule has 1 nitrogen and oxygen atoms in total. The summed E-state index contributed by atoms with van der Waals surface area (Å²) in [5, 5.41) is 4.17. The van der Waals surface area contributed by atoms with Gasteiger partial charge in [0.15, 0.2) is 0 Å². The lowest BCUT2D eigenvalue weighted by atomic mass is 10.3. The average Bonchev–Trinajstić information content (AvgIpc) is 2.44. The number of hydrogen-bond acceptors (Lipinski definition) is 3. The highest BCUT2D eigenvalue weighted by Crippen LogP contribution is 2.43. The lowest BCUT2D eigenvalue weighted by Gasteiger charge is -2.11. The van der Waals surface area contributed by atoms with Crippen molar-refractivity contribution in [3.63, 3.8) is 0 Å². The lowest BCUT2D eigenvalue weighted by Crippen LogP contribution is -2.07. The van der Waals surface area contributed by atoms with Crippen LogP contribution < -0.4 is 5.32 Å². The van der Waals surface area contributed by atoms with E-state index in [9.17, 15) is 0 Å². The molecule has 3 heteroatoms. The van der Waals surface area contributed by atoms with Crippen molar-refractivity contribution >= 4 is 29.2 Å². The van der Waals surface area contributed by atoms with E-state index in [4.69, 9.17) is 0 Å². The van der Waals surface area contributed by atoms with E-state index in [0.29, 0.717) is 9.96 Å². The Hall–Kier alpha value is -0.280. The smallest absolute Gasteiger partial charge is 0.124 e. The number of fused-ring (bicyclic) bond motifs is 1. The number of para-hydroxylation sites is 1. The topological polar surface area (TPSA) is 12.0 Å². The molecule has 1 aromatic rings. The van der Waals surface area contributed by atoms with Gasteiger partial charge in [-0.1, -0.05) is 37.7 Å². The van der Waals surface area contributed by atoms with Crippen molar-refractivity contribution in [1.29, 1.82) is 0 Å². The molecule has 1 heterocycles. The Balaban J connectivity index is 2.05. The summed E-state index contributed by atoms with van der Waals surface area (Å²) < 4.78 is 0.498. The molecule has 0 bridgehead atoms. The highest BCUT2D eigenvalue weighted by molar-refractivity contribution is 8.17. The molecule has 1 aromatic carbocycles. The quantitative estimate of drug-likeness (QED) is 0.802. The second-order valence-corrected chi connectivity index (χ2v) is 6.41. The predicted octanol–water partition coefficient (Wildman–Crippen LogP) is 3.63. The lowest BCUT2D eigenvalue weighted by molar-refractivity contribution is 1.11. The summed E-state index contributed by atoms with van der Waals surface area (Å²) in [6.07, 6.45) is 0. The van der Waals surface area contributed by atoms with E-state index >= 15 is 0 Å². The van der Waals surface area contributed by atoms with Crippen molar-refractivity contribution in [2.24, 2.45) is 0 Å². The number of anilines is 1. The fourth-order valence-corrected chi connectivity index (χ4v) is 3.99. The van der Waals surface area contributed by atoms with Crippen LogP contribution in [0.5, 0.6) is 0 Å². The Bertz CT molecular complexity index is 274. The van der Waals surface area contributed by atoms with Crippen LogP contribution in [0.4, 0.5) is 5.69 Å². The second kappa shape index (κ2) is 3.84. The molecule has 1 aliphatic heterocycles. The van der Waals surface area contributed by atoms with Crippen molar-refractivity contribution in [3.8, 4) is 0 Å². The summed E-state index contributed by atoms with van der Waals surface area (Å²) in [7, 11) is 0. The van der Waals surface area contributed by atoms with Crippen molar-refractivity contribution in [3.05, 3.63) is 24.3 Å². The molecule has 0 fully saturated rings. The van der Waals surface area contributed by atoms with Crippen molar-refractivity contribution in [2.75, 3.05) is 5.32 Å². The molecule has 2 rings (SSSR count). The standard InChI is InChI=1S/C10H13NS2/c1-7(2)12-10-11-8-5-3-4-6-9(8)13-10/h3-7,10-11H,1-2H3. The van der Waals surface area contributed by atoms with E-state index in [0.717, 1.165) is 0 Å². The van der Waals surface area contributed by atoms with Gasteiger partial charge < -0.3 is 5.32 Å². The molecule has 70 valence electrons. The molecule has 1 aliphatic rings. The zero-order valence-corrected chi connectivity index (χ0v) is 9.41. The van der Waals surface area contributed by atoms with Crippen LogP contribution in [0.25, 0.3) is 0 Å². The third-order valence-corrected chi connectivity index (χ3v) is 4.26. The molecular weight excluding hydrogens is 198 g/mol. The molecule has 1 unspecified atom stereocenters. The first-order chi connectivity index (χ1) is 6.25. The van der Waals surface area contributed by atoms with Gasteiger partial charge >= 0.3 is 0 Å². The maximum Gasteiger partial charge on any atom is 0.124 e. The Kier molecular flexibility index (Phi) is 2.74. The summed E-state index contributed by atoms with van der Waals surface area (Å²) in [5.41, 5.74) is 1.28. The van der Waals surface area contributed by atoms with Gasteiger partial charge in [-0.2, -0.15) is 0 Å². The van der Waals surface area contributed by atoms with E-state index < -0.39 is 0 Å². The van der Waals surface area contributed by atoms with Gasteiger partial charge in [0.1, 0.15) is 4.71 Å². The van der Waals surface area contributed by atoms with E-state index in [2.05, 4.69) is 43.4 Å². The van der Waals surface area contributed by atoms with Gasteiger partial charge in [-0.25, -0.2) is 0 Å². The number of rotatable bonds is 2. The van der Waals surface area contributed by atoms with Gasteiger partial charge in [-0.15, -0.1) is 11.8 Å². The van der Waals surface area contributed by atoms with Crippen LogP contribution in [0.2, 0.25) is 0 Å². The Morgan fingerprint density at radius 3 is 2.85 bits per heavy atom. The molecule has 0 radical (unpaired) electrons. The van der Waals surface area contributed by atoms with Crippen LogP contribution in [0.15, 0.2) is 29.2 Å². The molecule has 0 spiro atoms. The molecule has 0 saturated heterocycles.